The van der Waals surface area contributed by atoms with E-state index in [1.165, 1.54) is 18.1 Å². The molecule has 0 saturated carbocycles. The smallest absolute Gasteiger partial charge is 0.387 e. The predicted molar refractivity (Wildman–Crippen MR) is 86.8 cm³/mol. The lowest BCUT2D eigenvalue weighted by atomic mass is 10.2. The molecule has 0 N–H and O–H groups in total. The molecule has 7 heteroatoms. The summed E-state index contributed by atoms with van der Waals surface area (Å²) in [5.74, 6) is 0.358. The molecule has 0 unspecified atom stereocenters. The van der Waals surface area contributed by atoms with Crippen molar-refractivity contribution < 1.29 is 18.3 Å². The van der Waals surface area contributed by atoms with Crippen LogP contribution >= 0.6 is 27.3 Å². The average Bonchev–Trinajstić information content (AvgIpc) is 2.85. The molecule has 1 aromatic heterocycles. The van der Waals surface area contributed by atoms with Crippen LogP contribution in [0.25, 0.3) is 0 Å². The molecule has 0 aliphatic heterocycles. The lowest BCUT2D eigenvalue weighted by Crippen LogP contribution is -2.16. The molecule has 3 nitrogen and oxygen atoms in total. The second-order valence-corrected chi connectivity index (χ2v) is 7.29. The third-order valence-corrected chi connectivity index (χ3v) is 4.56. The highest BCUT2D eigenvalue weighted by Gasteiger charge is 2.12. The minimum atomic E-state index is -2.86. The van der Waals surface area contributed by atoms with Gasteiger partial charge in [0.2, 0.25) is 0 Å². The molecule has 0 aliphatic carbocycles. The number of rotatable bonds is 7. The quantitative estimate of drug-likeness (QED) is 0.679. The molecule has 1 aromatic carbocycles. The Morgan fingerprint density at radius 3 is 2.55 bits per heavy atom. The van der Waals surface area contributed by atoms with Gasteiger partial charge in [0, 0.05) is 18.0 Å². The zero-order valence-electron chi connectivity index (χ0n) is 12.2. The number of nitrogens with zero attached hydrogens (tertiary/aromatic N) is 1. The van der Waals surface area contributed by atoms with E-state index in [1.807, 2.05) is 13.1 Å². The van der Waals surface area contributed by atoms with Crippen LogP contribution in [0.1, 0.15) is 10.4 Å². The summed E-state index contributed by atoms with van der Waals surface area (Å²) in [6.45, 7) is -1.37. The highest BCUT2D eigenvalue weighted by molar-refractivity contribution is 9.11. The summed E-state index contributed by atoms with van der Waals surface area (Å²) in [6, 6.07) is 9.09. The Morgan fingerprint density at radius 1 is 1.18 bits per heavy atom. The van der Waals surface area contributed by atoms with Crippen molar-refractivity contribution in [3.05, 3.63) is 44.6 Å². The number of thiophene rings is 1. The first-order valence-corrected chi connectivity index (χ1v) is 8.13. The molecular formula is C15H16BrF2NO2S. The van der Waals surface area contributed by atoms with E-state index >= 15 is 0 Å². The van der Waals surface area contributed by atoms with Gasteiger partial charge in [-0.15, -0.1) is 11.3 Å². The Hall–Kier alpha value is -1.18. The largest absolute Gasteiger partial charge is 0.493 e. The van der Waals surface area contributed by atoms with Crippen LogP contribution in [0, 0.1) is 0 Å². The molecule has 2 rings (SSSR count). The summed E-state index contributed by atoms with van der Waals surface area (Å²) >= 11 is 5.13. The van der Waals surface area contributed by atoms with Gasteiger partial charge in [-0.25, -0.2) is 0 Å². The molecule has 0 bridgehead atoms. The number of hydrogen-bond acceptors (Lipinski definition) is 4. The van der Waals surface area contributed by atoms with Crippen LogP contribution in [0.3, 0.4) is 0 Å². The van der Waals surface area contributed by atoms with Crippen molar-refractivity contribution >= 4 is 27.3 Å². The van der Waals surface area contributed by atoms with Crippen LogP contribution in [0.15, 0.2) is 34.1 Å². The second-order valence-electron chi connectivity index (χ2n) is 4.74. The van der Waals surface area contributed by atoms with Crippen LogP contribution < -0.4 is 9.47 Å². The van der Waals surface area contributed by atoms with Gasteiger partial charge < -0.3 is 9.47 Å². The number of ether oxygens (including phenoxy) is 2. The summed E-state index contributed by atoms with van der Waals surface area (Å²) in [6.07, 6.45) is 0. The Labute approximate surface area is 140 Å². The van der Waals surface area contributed by atoms with Crippen LogP contribution in [0.2, 0.25) is 0 Å². The zero-order valence-corrected chi connectivity index (χ0v) is 14.6. The molecule has 0 fully saturated rings. The van der Waals surface area contributed by atoms with Crippen molar-refractivity contribution in [2.45, 2.75) is 19.7 Å². The fraction of sp³-hybridized carbons (Fsp3) is 0.333. The van der Waals surface area contributed by atoms with Gasteiger partial charge >= 0.3 is 6.61 Å². The SMILES string of the molecule is COc1cc(CN(C)Cc2ccc(Br)s2)ccc1OC(F)F. The van der Waals surface area contributed by atoms with E-state index in [9.17, 15) is 8.78 Å². The summed E-state index contributed by atoms with van der Waals surface area (Å²) in [5.41, 5.74) is 0.969. The van der Waals surface area contributed by atoms with Gasteiger partial charge in [-0.2, -0.15) is 8.78 Å². The lowest BCUT2D eigenvalue weighted by molar-refractivity contribution is -0.0512. The van der Waals surface area contributed by atoms with Gasteiger partial charge in [0.1, 0.15) is 0 Å². The molecule has 0 atom stereocenters. The molecule has 0 amide bonds. The number of hydrogen-bond donors (Lipinski definition) is 0. The first-order chi connectivity index (χ1) is 10.5. The molecule has 2 aromatic rings. The first-order valence-electron chi connectivity index (χ1n) is 6.52. The van der Waals surface area contributed by atoms with Crippen molar-refractivity contribution in [3.63, 3.8) is 0 Å². The highest BCUT2D eigenvalue weighted by atomic mass is 79.9. The molecule has 22 heavy (non-hydrogen) atoms. The summed E-state index contributed by atoms with van der Waals surface area (Å²) in [4.78, 5) is 3.39. The maximum Gasteiger partial charge on any atom is 0.387 e. The van der Waals surface area contributed by atoms with Crippen molar-refractivity contribution in [1.29, 1.82) is 0 Å². The highest BCUT2D eigenvalue weighted by Crippen LogP contribution is 2.30. The molecule has 1 heterocycles. The monoisotopic (exact) mass is 391 g/mol. The van der Waals surface area contributed by atoms with Crippen molar-refractivity contribution in [3.8, 4) is 11.5 Å². The predicted octanol–water partition coefficient (Wildman–Crippen LogP) is 4.75. The van der Waals surface area contributed by atoms with Crippen LogP contribution in [-0.2, 0) is 13.1 Å². The minimum Gasteiger partial charge on any atom is -0.493 e. The summed E-state index contributed by atoms with van der Waals surface area (Å²) in [7, 11) is 3.44. The molecule has 0 radical (unpaired) electrons. The maximum atomic E-state index is 12.3. The zero-order chi connectivity index (χ0) is 16.1. The molecule has 0 aliphatic rings. The van der Waals surface area contributed by atoms with Gasteiger partial charge in [-0.3, -0.25) is 4.90 Å². The van der Waals surface area contributed by atoms with Crippen molar-refractivity contribution in [1.82, 2.24) is 4.90 Å². The average molecular weight is 392 g/mol. The van der Waals surface area contributed by atoms with Crippen LogP contribution in [0.4, 0.5) is 8.78 Å². The Bertz CT molecular complexity index is 621. The van der Waals surface area contributed by atoms with E-state index in [4.69, 9.17) is 4.74 Å². The van der Waals surface area contributed by atoms with Gasteiger partial charge in [0.15, 0.2) is 11.5 Å². The Morgan fingerprint density at radius 2 is 1.95 bits per heavy atom. The minimum absolute atomic E-state index is 0.0473. The lowest BCUT2D eigenvalue weighted by Gasteiger charge is -2.17. The number of methoxy groups -OCH3 is 1. The summed E-state index contributed by atoms with van der Waals surface area (Å²) < 4.78 is 35.2. The van der Waals surface area contributed by atoms with Crippen LogP contribution in [-0.4, -0.2) is 25.7 Å². The fourth-order valence-electron chi connectivity index (χ4n) is 2.07. The number of benzene rings is 1. The summed E-state index contributed by atoms with van der Waals surface area (Å²) in [5, 5.41) is 0. The second kappa shape index (κ2) is 7.89. The van der Waals surface area contributed by atoms with Crippen molar-refractivity contribution in [2.75, 3.05) is 14.2 Å². The third-order valence-electron chi connectivity index (χ3n) is 2.95. The molecule has 0 saturated heterocycles. The molecule has 0 spiro atoms. The standard InChI is InChI=1S/C15H16BrF2NO2S/c1-19(9-11-4-6-14(16)22-11)8-10-3-5-12(21-15(17)18)13(7-10)20-2/h3-7,15H,8-9H2,1-2H3. The van der Waals surface area contributed by atoms with E-state index in [0.717, 1.165) is 15.9 Å². The van der Waals surface area contributed by atoms with E-state index in [1.54, 1.807) is 23.5 Å². The third kappa shape index (κ3) is 4.93. The number of halogens is 3. The maximum absolute atomic E-state index is 12.3. The normalized spacial score (nSPS) is 11.2. The van der Waals surface area contributed by atoms with Crippen molar-refractivity contribution in [2.24, 2.45) is 0 Å². The van der Waals surface area contributed by atoms with Gasteiger partial charge in [0.05, 0.1) is 10.9 Å². The first kappa shape index (κ1) is 17.2. The molecular weight excluding hydrogens is 376 g/mol. The Balaban J connectivity index is 2.02. The van der Waals surface area contributed by atoms with E-state index in [2.05, 4.69) is 31.6 Å². The van der Waals surface area contributed by atoms with Gasteiger partial charge in [-0.1, -0.05) is 6.07 Å². The fourth-order valence-corrected chi connectivity index (χ4v) is 3.64. The van der Waals surface area contributed by atoms with E-state index in [0.29, 0.717) is 12.3 Å². The Kier molecular flexibility index (Phi) is 6.16. The topological polar surface area (TPSA) is 21.7 Å². The van der Waals surface area contributed by atoms with E-state index < -0.39 is 6.61 Å². The van der Waals surface area contributed by atoms with E-state index in [-0.39, 0.29) is 5.75 Å². The van der Waals surface area contributed by atoms with Gasteiger partial charge in [0.25, 0.3) is 0 Å². The number of alkyl halides is 2. The van der Waals surface area contributed by atoms with Gasteiger partial charge in [-0.05, 0) is 52.8 Å². The molecule has 120 valence electrons. The van der Waals surface area contributed by atoms with Crippen LogP contribution in [0.5, 0.6) is 11.5 Å².